The van der Waals surface area contributed by atoms with Crippen LogP contribution in [0.2, 0.25) is 0 Å². The van der Waals surface area contributed by atoms with E-state index in [4.69, 9.17) is 11.6 Å². The molecule has 1 rings (SSSR count). The van der Waals surface area contributed by atoms with Crippen molar-refractivity contribution in [3.63, 3.8) is 0 Å². The highest BCUT2D eigenvalue weighted by molar-refractivity contribution is 7.86. The van der Waals surface area contributed by atoms with Gasteiger partial charge < -0.3 is 0 Å². The zero-order valence-electron chi connectivity index (χ0n) is 9.19. The second-order valence-corrected chi connectivity index (χ2v) is 6.24. The number of hydrogen-bond acceptors (Lipinski definition) is 3. The van der Waals surface area contributed by atoms with Crippen LogP contribution in [0.4, 0.5) is 0 Å². The average molecular weight is 256 g/mol. The van der Waals surface area contributed by atoms with Gasteiger partial charge in [0.1, 0.15) is 0 Å². The molecule has 0 N–H and O–H groups in total. The Morgan fingerprint density at radius 1 is 1.20 bits per heavy atom. The maximum absolute atomic E-state index is 11.8. The van der Waals surface area contributed by atoms with Gasteiger partial charge in [-0.2, -0.15) is 17.0 Å². The maximum Gasteiger partial charge on any atom is 0.281 e. The fourth-order valence-electron chi connectivity index (χ4n) is 1.53. The van der Waals surface area contributed by atoms with E-state index in [1.54, 1.807) is 14.1 Å². The molecule has 0 aromatic heterocycles. The molecule has 0 unspecified atom stereocenters. The Balaban J connectivity index is 2.51. The molecule has 0 saturated carbocycles. The quantitative estimate of drug-likeness (QED) is 0.645. The van der Waals surface area contributed by atoms with Crippen molar-refractivity contribution in [1.82, 2.24) is 13.5 Å². The minimum absolute atomic E-state index is 0.553. The van der Waals surface area contributed by atoms with Crippen molar-refractivity contribution in [2.75, 3.05) is 52.7 Å². The molecule has 0 radical (unpaired) electrons. The third kappa shape index (κ3) is 3.29. The number of alkyl halides is 1. The number of halogens is 1. The van der Waals surface area contributed by atoms with E-state index >= 15 is 0 Å². The second-order valence-electron chi connectivity index (χ2n) is 3.72. The largest absolute Gasteiger partial charge is 0.300 e. The molecule has 0 aromatic rings. The summed E-state index contributed by atoms with van der Waals surface area (Å²) in [4.78, 5) is 2.18. The summed E-state index contributed by atoms with van der Waals surface area (Å²) in [5, 5.41) is 0. The van der Waals surface area contributed by atoms with Gasteiger partial charge in [-0.25, -0.2) is 0 Å². The fourth-order valence-corrected chi connectivity index (χ4v) is 2.86. The minimum atomic E-state index is -3.23. The van der Waals surface area contributed by atoms with Crippen LogP contribution in [0, 0.1) is 0 Å². The summed E-state index contributed by atoms with van der Waals surface area (Å²) in [6.45, 7) is 3.46. The Hall–Kier alpha value is 0.120. The first-order valence-corrected chi connectivity index (χ1v) is 6.87. The van der Waals surface area contributed by atoms with Crippen LogP contribution in [0.15, 0.2) is 0 Å². The molecule has 0 spiro atoms. The number of rotatable bonds is 4. The van der Waals surface area contributed by atoms with Crippen LogP contribution in [-0.4, -0.2) is 74.6 Å². The third-order valence-corrected chi connectivity index (χ3v) is 4.63. The maximum atomic E-state index is 11.8. The molecule has 1 heterocycles. The highest BCUT2D eigenvalue weighted by Gasteiger charge is 2.27. The van der Waals surface area contributed by atoms with Crippen LogP contribution >= 0.6 is 11.6 Å². The summed E-state index contributed by atoms with van der Waals surface area (Å²) in [6.07, 6.45) is 0. The lowest BCUT2D eigenvalue weighted by molar-refractivity contribution is 0.192. The lowest BCUT2D eigenvalue weighted by Gasteiger charge is -2.34. The predicted octanol–water partition coefficient (Wildman–Crippen LogP) is -0.351. The topological polar surface area (TPSA) is 43.9 Å². The predicted molar refractivity (Wildman–Crippen MR) is 61.3 cm³/mol. The van der Waals surface area contributed by atoms with Crippen LogP contribution < -0.4 is 0 Å². The zero-order chi connectivity index (χ0) is 11.5. The molecule has 5 nitrogen and oxygen atoms in total. The first-order chi connectivity index (χ1) is 6.98. The first kappa shape index (κ1) is 13.2. The van der Waals surface area contributed by atoms with Gasteiger partial charge in [-0.3, -0.25) is 4.90 Å². The zero-order valence-corrected chi connectivity index (χ0v) is 10.8. The Morgan fingerprint density at radius 3 is 2.13 bits per heavy atom. The molecular weight excluding hydrogens is 238 g/mol. The normalized spacial score (nSPS) is 21.1. The van der Waals surface area contributed by atoms with E-state index in [0.717, 1.165) is 19.6 Å². The average Bonchev–Trinajstić information content (AvgIpc) is 2.19. The Morgan fingerprint density at radius 2 is 1.73 bits per heavy atom. The van der Waals surface area contributed by atoms with E-state index in [1.165, 1.54) is 8.61 Å². The van der Waals surface area contributed by atoms with Gasteiger partial charge in [-0.1, -0.05) is 0 Å². The van der Waals surface area contributed by atoms with Crippen molar-refractivity contribution in [1.29, 1.82) is 0 Å². The minimum Gasteiger partial charge on any atom is -0.300 e. The molecule has 15 heavy (non-hydrogen) atoms. The molecule has 0 aliphatic carbocycles. The van der Waals surface area contributed by atoms with Gasteiger partial charge in [0, 0.05) is 52.7 Å². The van der Waals surface area contributed by atoms with Crippen LogP contribution in [0.3, 0.4) is 0 Å². The molecule has 1 fully saturated rings. The molecular formula is C8H18ClN3O2S. The smallest absolute Gasteiger partial charge is 0.281 e. The molecule has 1 aliphatic rings. The standard InChI is InChI=1S/C8H18ClN3O2S/c1-10(2)15(13,14)12-7-5-11(4-3-9)6-8-12/h3-8H2,1-2H3. The molecule has 0 atom stereocenters. The SMILES string of the molecule is CN(C)S(=O)(=O)N1CCN(CCCl)CC1. The van der Waals surface area contributed by atoms with Crippen molar-refractivity contribution in [3.05, 3.63) is 0 Å². The van der Waals surface area contributed by atoms with Gasteiger partial charge in [0.2, 0.25) is 0 Å². The summed E-state index contributed by atoms with van der Waals surface area (Å²) in [7, 11) is -0.119. The van der Waals surface area contributed by atoms with Crippen molar-refractivity contribution < 1.29 is 8.42 Å². The van der Waals surface area contributed by atoms with E-state index in [1.807, 2.05) is 0 Å². The van der Waals surface area contributed by atoms with E-state index < -0.39 is 10.2 Å². The number of hydrogen-bond donors (Lipinski definition) is 0. The lowest BCUT2D eigenvalue weighted by atomic mass is 10.4. The summed E-state index contributed by atoms with van der Waals surface area (Å²) in [6, 6.07) is 0. The van der Waals surface area contributed by atoms with Crippen LogP contribution in [-0.2, 0) is 10.2 Å². The van der Waals surface area contributed by atoms with Crippen LogP contribution in [0.5, 0.6) is 0 Å². The Bertz CT molecular complexity index is 286. The van der Waals surface area contributed by atoms with Gasteiger partial charge in [-0.05, 0) is 0 Å². The van der Waals surface area contributed by atoms with Gasteiger partial charge in [0.15, 0.2) is 0 Å². The van der Waals surface area contributed by atoms with Crippen molar-refractivity contribution in [2.45, 2.75) is 0 Å². The molecule has 0 aromatic carbocycles. The van der Waals surface area contributed by atoms with Crippen LogP contribution in [0.1, 0.15) is 0 Å². The Kier molecular flexibility index (Phi) is 4.79. The van der Waals surface area contributed by atoms with Crippen LogP contribution in [0.25, 0.3) is 0 Å². The highest BCUT2D eigenvalue weighted by atomic mass is 35.5. The van der Waals surface area contributed by atoms with E-state index in [2.05, 4.69) is 4.90 Å². The monoisotopic (exact) mass is 255 g/mol. The van der Waals surface area contributed by atoms with Crippen molar-refractivity contribution in [2.24, 2.45) is 0 Å². The summed E-state index contributed by atoms with van der Waals surface area (Å²) in [5.41, 5.74) is 0. The molecule has 1 aliphatic heterocycles. The first-order valence-electron chi connectivity index (χ1n) is 4.94. The summed E-state index contributed by atoms with van der Waals surface area (Å²) in [5.74, 6) is 0.598. The molecule has 1 saturated heterocycles. The van der Waals surface area contributed by atoms with Gasteiger partial charge in [0.05, 0.1) is 0 Å². The van der Waals surface area contributed by atoms with Crippen molar-refractivity contribution in [3.8, 4) is 0 Å². The van der Waals surface area contributed by atoms with Gasteiger partial charge in [0.25, 0.3) is 10.2 Å². The number of piperazine rings is 1. The summed E-state index contributed by atoms with van der Waals surface area (Å²) >= 11 is 5.63. The number of nitrogens with zero attached hydrogens (tertiary/aromatic N) is 3. The summed E-state index contributed by atoms with van der Waals surface area (Å²) < 4.78 is 26.3. The lowest BCUT2D eigenvalue weighted by Crippen LogP contribution is -2.51. The molecule has 0 bridgehead atoms. The third-order valence-electron chi connectivity index (χ3n) is 2.52. The Labute approximate surface area is 96.8 Å². The van der Waals surface area contributed by atoms with E-state index in [-0.39, 0.29) is 0 Å². The van der Waals surface area contributed by atoms with Gasteiger partial charge >= 0.3 is 0 Å². The molecule has 90 valence electrons. The second kappa shape index (κ2) is 5.45. The molecule has 7 heteroatoms. The van der Waals surface area contributed by atoms with E-state index in [9.17, 15) is 8.42 Å². The highest BCUT2D eigenvalue weighted by Crippen LogP contribution is 2.09. The molecule has 0 amide bonds. The fraction of sp³-hybridized carbons (Fsp3) is 1.00. The van der Waals surface area contributed by atoms with Gasteiger partial charge in [-0.15, -0.1) is 11.6 Å². The van der Waals surface area contributed by atoms with E-state index in [0.29, 0.717) is 19.0 Å². The van der Waals surface area contributed by atoms with Crippen molar-refractivity contribution >= 4 is 21.8 Å².